The van der Waals surface area contributed by atoms with Crippen LogP contribution in [0.15, 0.2) is 54.6 Å². The molecule has 0 radical (unpaired) electrons. The fourth-order valence-corrected chi connectivity index (χ4v) is 3.29. The van der Waals surface area contributed by atoms with Crippen molar-refractivity contribution in [2.75, 3.05) is 45.2 Å². The van der Waals surface area contributed by atoms with Crippen molar-refractivity contribution in [1.29, 1.82) is 0 Å². The van der Waals surface area contributed by atoms with Crippen molar-refractivity contribution in [1.82, 2.24) is 9.80 Å². The Bertz CT molecular complexity index is 693. The van der Waals surface area contributed by atoms with Gasteiger partial charge in [0.15, 0.2) is 0 Å². The second-order valence-electron chi connectivity index (χ2n) is 6.59. The molecule has 0 bridgehead atoms. The number of phenols is 1. The summed E-state index contributed by atoms with van der Waals surface area (Å²) in [6.07, 6.45) is 0. The number of phenolic OH excluding ortho intramolecular Hbond substituents is 1. The number of nitrogens with zero attached hydrogens (tertiary/aromatic N) is 3. The number of anilines is 1. The van der Waals surface area contributed by atoms with Crippen LogP contribution in [0.1, 0.15) is 11.6 Å². The molecule has 132 valence electrons. The number of carbonyl (C=O) groups is 1. The normalized spacial score (nSPS) is 16.5. The number of hydrogen-bond acceptors (Lipinski definition) is 4. The number of piperazine rings is 1. The van der Waals surface area contributed by atoms with Crippen LogP contribution in [-0.4, -0.2) is 61.1 Å². The summed E-state index contributed by atoms with van der Waals surface area (Å²) in [7, 11) is 3.62. The SMILES string of the molecule is CN(C)C(=O)C(c1ccccc1)N1CCN(c2ccc(O)cc2)CC1. The van der Waals surface area contributed by atoms with Gasteiger partial charge in [0.2, 0.25) is 5.91 Å². The van der Waals surface area contributed by atoms with E-state index in [4.69, 9.17) is 0 Å². The Kier molecular flexibility index (Phi) is 5.24. The van der Waals surface area contributed by atoms with Crippen molar-refractivity contribution in [2.45, 2.75) is 6.04 Å². The van der Waals surface area contributed by atoms with Gasteiger partial charge in [0.1, 0.15) is 11.8 Å². The van der Waals surface area contributed by atoms with Crippen molar-refractivity contribution in [3.8, 4) is 5.75 Å². The van der Waals surface area contributed by atoms with Gasteiger partial charge in [-0.25, -0.2) is 0 Å². The first-order valence-corrected chi connectivity index (χ1v) is 8.60. The number of aromatic hydroxyl groups is 1. The number of amides is 1. The van der Waals surface area contributed by atoms with Gasteiger partial charge in [0, 0.05) is 46.0 Å². The van der Waals surface area contributed by atoms with Crippen LogP contribution in [0.5, 0.6) is 5.75 Å². The zero-order valence-corrected chi connectivity index (χ0v) is 14.8. The van der Waals surface area contributed by atoms with Crippen LogP contribution >= 0.6 is 0 Å². The molecule has 1 saturated heterocycles. The van der Waals surface area contributed by atoms with Gasteiger partial charge in [0.25, 0.3) is 0 Å². The summed E-state index contributed by atoms with van der Waals surface area (Å²) < 4.78 is 0. The quantitative estimate of drug-likeness (QED) is 0.929. The first-order chi connectivity index (χ1) is 12.1. The molecule has 2 aromatic rings. The molecule has 2 aromatic carbocycles. The monoisotopic (exact) mass is 339 g/mol. The van der Waals surface area contributed by atoms with E-state index >= 15 is 0 Å². The first-order valence-electron chi connectivity index (χ1n) is 8.60. The molecule has 5 nitrogen and oxygen atoms in total. The van der Waals surface area contributed by atoms with E-state index in [2.05, 4.69) is 9.80 Å². The zero-order valence-electron chi connectivity index (χ0n) is 14.8. The highest BCUT2D eigenvalue weighted by Crippen LogP contribution is 2.26. The Morgan fingerprint density at radius 1 is 0.960 bits per heavy atom. The molecule has 0 aromatic heterocycles. The lowest BCUT2D eigenvalue weighted by Gasteiger charge is -2.40. The lowest BCUT2D eigenvalue weighted by molar-refractivity contribution is -0.134. The van der Waals surface area contributed by atoms with Crippen LogP contribution in [0.2, 0.25) is 0 Å². The predicted octanol–water partition coefficient (Wildman–Crippen LogP) is 2.34. The summed E-state index contributed by atoms with van der Waals surface area (Å²) in [5.74, 6) is 0.396. The molecule has 1 aliphatic rings. The van der Waals surface area contributed by atoms with Gasteiger partial charge < -0.3 is 14.9 Å². The number of likely N-dealkylation sites (N-methyl/N-ethyl adjacent to an activating group) is 1. The summed E-state index contributed by atoms with van der Waals surface area (Å²) in [6.45, 7) is 3.35. The van der Waals surface area contributed by atoms with Gasteiger partial charge in [0.05, 0.1) is 0 Å². The summed E-state index contributed by atoms with van der Waals surface area (Å²) >= 11 is 0. The van der Waals surface area contributed by atoms with Gasteiger partial charge in [-0.1, -0.05) is 30.3 Å². The van der Waals surface area contributed by atoms with Crippen molar-refractivity contribution in [3.63, 3.8) is 0 Å². The minimum absolute atomic E-state index is 0.115. The second-order valence-corrected chi connectivity index (χ2v) is 6.59. The van der Waals surface area contributed by atoms with Gasteiger partial charge >= 0.3 is 0 Å². The van der Waals surface area contributed by atoms with Crippen LogP contribution in [0.25, 0.3) is 0 Å². The Morgan fingerprint density at radius 2 is 1.56 bits per heavy atom. The molecule has 1 amide bonds. The Labute approximate surface area is 149 Å². The van der Waals surface area contributed by atoms with Gasteiger partial charge in [-0.3, -0.25) is 9.69 Å². The van der Waals surface area contributed by atoms with Crippen molar-refractivity contribution >= 4 is 11.6 Å². The van der Waals surface area contributed by atoms with Gasteiger partial charge in [-0.05, 0) is 29.8 Å². The zero-order chi connectivity index (χ0) is 17.8. The molecule has 0 saturated carbocycles. The molecule has 1 heterocycles. The molecule has 1 N–H and O–H groups in total. The van der Waals surface area contributed by atoms with E-state index in [-0.39, 0.29) is 17.7 Å². The van der Waals surface area contributed by atoms with Crippen LogP contribution in [0.4, 0.5) is 5.69 Å². The molecule has 1 aliphatic heterocycles. The van der Waals surface area contributed by atoms with E-state index in [1.807, 2.05) is 56.6 Å². The fraction of sp³-hybridized carbons (Fsp3) is 0.350. The average Bonchev–Trinajstić information content (AvgIpc) is 2.64. The van der Waals surface area contributed by atoms with Crippen LogP contribution in [0.3, 0.4) is 0 Å². The highest BCUT2D eigenvalue weighted by atomic mass is 16.3. The van der Waals surface area contributed by atoms with Crippen LogP contribution in [0, 0.1) is 0 Å². The topological polar surface area (TPSA) is 47.0 Å². The van der Waals surface area contributed by atoms with Crippen LogP contribution < -0.4 is 4.90 Å². The maximum absolute atomic E-state index is 12.8. The van der Waals surface area contributed by atoms with E-state index < -0.39 is 0 Å². The molecule has 1 atom stereocenters. The van der Waals surface area contributed by atoms with Gasteiger partial charge in [-0.2, -0.15) is 0 Å². The lowest BCUT2D eigenvalue weighted by Crippen LogP contribution is -2.51. The number of benzene rings is 2. The van der Waals surface area contributed by atoms with E-state index in [1.54, 1.807) is 17.0 Å². The maximum Gasteiger partial charge on any atom is 0.244 e. The Balaban J connectivity index is 1.74. The lowest BCUT2D eigenvalue weighted by atomic mass is 10.0. The largest absolute Gasteiger partial charge is 0.508 e. The molecule has 0 aliphatic carbocycles. The minimum atomic E-state index is -0.238. The third-order valence-corrected chi connectivity index (χ3v) is 4.68. The number of carbonyl (C=O) groups excluding carboxylic acids is 1. The van der Waals surface area contributed by atoms with Crippen molar-refractivity contribution in [3.05, 3.63) is 60.2 Å². The molecular weight excluding hydrogens is 314 g/mol. The van der Waals surface area contributed by atoms with E-state index in [0.29, 0.717) is 0 Å². The van der Waals surface area contributed by atoms with E-state index in [9.17, 15) is 9.90 Å². The summed E-state index contributed by atoms with van der Waals surface area (Å²) in [4.78, 5) is 19.0. The molecule has 1 unspecified atom stereocenters. The predicted molar refractivity (Wildman–Crippen MR) is 99.8 cm³/mol. The Hall–Kier alpha value is -2.53. The third-order valence-electron chi connectivity index (χ3n) is 4.68. The van der Waals surface area contributed by atoms with Crippen molar-refractivity contribution in [2.24, 2.45) is 0 Å². The molecular formula is C20H25N3O2. The highest BCUT2D eigenvalue weighted by Gasteiger charge is 2.31. The summed E-state index contributed by atoms with van der Waals surface area (Å²) in [5.41, 5.74) is 2.15. The second kappa shape index (κ2) is 7.57. The molecule has 25 heavy (non-hydrogen) atoms. The fourth-order valence-electron chi connectivity index (χ4n) is 3.29. The molecule has 1 fully saturated rings. The minimum Gasteiger partial charge on any atom is -0.508 e. The van der Waals surface area contributed by atoms with Gasteiger partial charge in [-0.15, -0.1) is 0 Å². The Morgan fingerprint density at radius 3 is 2.12 bits per heavy atom. The number of hydrogen-bond donors (Lipinski definition) is 1. The number of rotatable bonds is 4. The smallest absolute Gasteiger partial charge is 0.244 e. The standard InChI is InChI=1S/C20H25N3O2/c1-21(2)20(25)19(16-6-4-3-5-7-16)23-14-12-22(13-15-23)17-8-10-18(24)11-9-17/h3-11,19,24H,12-15H2,1-2H3. The molecule has 5 heteroatoms. The first kappa shape index (κ1) is 17.3. The summed E-state index contributed by atoms with van der Waals surface area (Å²) in [6, 6.07) is 17.1. The maximum atomic E-state index is 12.8. The summed E-state index contributed by atoms with van der Waals surface area (Å²) in [5, 5.41) is 9.44. The van der Waals surface area contributed by atoms with Crippen LogP contribution in [-0.2, 0) is 4.79 Å². The van der Waals surface area contributed by atoms with E-state index in [1.165, 1.54) is 0 Å². The molecule has 3 rings (SSSR count). The van der Waals surface area contributed by atoms with Crippen molar-refractivity contribution < 1.29 is 9.90 Å². The molecule has 0 spiro atoms. The average molecular weight is 339 g/mol. The highest BCUT2D eigenvalue weighted by molar-refractivity contribution is 5.83. The third kappa shape index (κ3) is 3.94. The van der Waals surface area contributed by atoms with E-state index in [0.717, 1.165) is 37.4 Å².